The van der Waals surface area contributed by atoms with Crippen molar-refractivity contribution in [3.05, 3.63) is 64.1 Å². The molecule has 2 aromatic carbocycles. The average molecular weight is 386 g/mol. The third-order valence-corrected chi connectivity index (χ3v) is 6.86. The highest BCUT2D eigenvalue weighted by molar-refractivity contribution is 7.89. The van der Waals surface area contributed by atoms with Crippen LogP contribution in [0.2, 0.25) is 10.0 Å². The van der Waals surface area contributed by atoms with Gasteiger partial charge in [-0.3, -0.25) is 0 Å². The molecule has 2 aromatic rings. The minimum atomic E-state index is -3.53. The summed E-state index contributed by atoms with van der Waals surface area (Å²) >= 11 is 12.1. The smallest absolute Gasteiger partial charge is 0.244 e. The normalized spacial score (nSPS) is 17.1. The van der Waals surface area contributed by atoms with E-state index in [1.807, 2.05) is 24.3 Å². The fraction of sp³-hybridized carbons (Fsp3) is 0.294. The number of nitrogens with zero attached hydrogens (tertiary/aromatic N) is 1. The van der Waals surface area contributed by atoms with Crippen LogP contribution < -0.4 is 4.90 Å². The number of halogens is 2. The predicted octanol–water partition coefficient (Wildman–Crippen LogP) is 2.08. The molecule has 128 valence electrons. The highest BCUT2D eigenvalue weighted by Crippen LogP contribution is 2.24. The molecule has 0 aliphatic carbocycles. The number of piperazine rings is 1. The summed E-state index contributed by atoms with van der Waals surface area (Å²) in [7, 11) is -3.53. The van der Waals surface area contributed by atoms with E-state index < -0.39 is 10.0 Å². The SMILES string of the molecule is O=S(=O)(c1ccccc1Cl)N1CC[NH+](Cc2cccc(Cl)c2)CC1. The Labute approximate surface area is 152 Å². The van der Waals surface area contributed by atoms with Crippen LogP contribution in [-0.4, -0.2) is 38.9 Å². The van der Waals surface area contributed by atoms with Crippen molar-refractivity contribution < 1.29 is 13.3 Å². The molecule has 1 N–H and O–H groups in total. The standard InChI is InChI=1S/C17H18Cl2N2O2S/c18-15-5-3-4-14(12-15)13-20-8-10-21(11-9-20)24(22,23)17-7-2-1-6-16(17)19/h1-7,12H,8-11,13H2/p+1. The van der Waals surface area contributed by atoms with Gasteiger partial charge in [-0.05, 0) is 24.3 Å². The van der Waals surface area contributed by atoms with Gasteiger partial charge in [0, 0.05) is 10.6 Å². The lowest BCUT2D eigenvalue weighted by Crippen LogP contribution is -3.13. The summed E-state index contributed by atoms with van der Waals surface area (Å²) in [5, 5.41) is 0.998. The minimum Gasteiger partial charge on any atom is -0.329 e. The zero-order valence-corrected chi connectivity index (χ0v) is 15.4. The first-order valence-corrected chi connectivity index (χ1v) is 9.99. The molecule has 1 saturated heterocycles. The van der Waals surface area contributed by atoms with E-state index in [1.54, 1.807) is 24.3 Å². The molecule has 7 heteroatoms. The van der Waals surface area contributed by atoms with Crippen molar-refractivity contribution in [2.24, 2.45) is 0 Å². The number of benzene rings is 2. The van der Waals surface area contributed by atoms with Crippen molar-refractivity contribution in [2.45, 2.75) is 11.4 Å². The van der Waals surface area contributed by atoms with E-state index in [9.17, 15) is 8.42 Å². The molecular weight excluding hydrogens is 367 g/mol. The first-order valence-electron chi connectivity index (χ1n) is 7.79. The van der Waals surface area contributed by atoms with E-state index in [0.717, 1.165) is 24.7 Å². The lowest BCUT2D eigenvalue weighted by molar-refractivity contribution is -0.917. The Morgan fingerprint density at radius 3 is 2.38 bits per heavy atom. The predicted molar refractivity (Wildman–Crippen MR) is 96.1 cm³/mol. The van der Waals surface area contributed by atoms with Crippen molar-refractivity contribution in [1.29, 1.82) is 0 Å². The lowest BCUT2D eigenvalue weighted by Gasteiger charge is -2.31. The van der Waals surface area contributed by atoms with Gasteiger partial charge in [0.25, 0.3) is 0 Å². The van der Waals surface area contributed by atoms with Gasteiger partial charge in [-0.15, -0.1) is 0 Å². The molecule has 0 spiro atoms. The second-order valence-corrected chi connectivity index (χ2v) is 8.64. The summed E-state index contributed by atoms with van der Waals surface area (Å²) in [5.41, 5.74) is 1.17. The van der Waals surface area contributed by atoms with E-state index in [1.165, 1.54) is 14.8 Å². The van der Waals surface area contributed by atoms with Crippen molar-refractivity contribution in [2.75, 3.05) is 26.2 Å². The highest BCUT2D eigenvalue weighted by atomic mass is 35.5. The van der Waals surface area contributed by atoms with Gasteiger partial charge in [0.05, 0.1) is 31.2 Å². The molecule has 24 heavy (non-hydrogen) atoms. The molecule has 3 rings (SSSR count). The van der Waals surface area contributed by atoms with Crippen molar-refractivity contribution in [3.8, 4) is 0 Å². The summed E-state index contributed by atoms with van der Waals surface area (Å²) in [6.07, 6.45) is 0. The van der Waals surface area contributed by atoms with E-state index in [-0.39, 0.29) is 9.92 Å². The molecule has 0 amide bonds. The van der Waals surface area contributed by atoms with E-state index in [0.29, 0.717) is 13.1 Å². The third kappa shape index (κ3) is 3.92. The molecule has 1 aliphatic heterocycles. The van der Waals surface area contributed by atoms with Gasteiger partial charge >= 0.3 is 0 Å². The number of quaternary nitrogens is 1. The Hall–Kier alpha value is -1.11. The van der Waals surface area contributed by atoms with Crippen LogP contribution in [0.15, 0.2) is 53.4 Å². The fourth-order valence-electron chi connectivity index (χ4n) is 2.95. The summed E-state index contributed by atoms with van der Waals surface area (Å²) in [4.78, 5) is 1.54. The van der Waals surface area contributed by atoms with Gasteiger partial charge in [0.2, 0.25) is 10.0 Å². The van der Waals surface area contributed by atoms with Crippen LogP contribution in [0.1, 0.15) is 5.56 Å². The highest BCUT2D eigenvalue weighted by Gasteiger charge is 2.31. The van der Waals surface area contributed by atoms with Gasteiger partial charge in [-0.25, -0.2) is 8.42 Å². The van der Waals surface area contributed by atoms with Crippen LogP contribution >= 0.6 is 23.2 Å². The minimum absolute atomic E-state index is 0.185. The van der Waals surface area contributed by atoms with Crippen LogP contribution in [0.5, 0.6) is 0 Å². The maximum absolute atomic E-state index is 12.7. The first-order chi connectivity index (χ1) is 11.5. The molecule has 1 aliphatic rings. The number of rotatable bonds is 4. The molecular formula is C17H19Cl2N2O2S+. The molecule has 0 radical (unpaired) electrons. The molecule has 0 unspecified atom stereocenters. The van der Waals surface area contributed by atoms with Gasteiger partial charge in [-0.2, -0.15) is 4.31 Å². The summed E-state index contributed by atoms with van der Waals surface area (Å²) in [6, 6.07) is 14.4. The molecule has 0 saturated carbocycles. The average Bonchev–Trinajstić information content (AvgIpc) is 2.55. The lowest BCUT2D eigenvalue weighted by atomic mass is 10.2. The Kier molecular flexibility index (Phi) is 5.47. The zero-order valence-electron chi connectivity index (χ0n) is 13.1. The molecule has 0 atom stereocenters. The number of nitrogens with one attached hydrogen (secondary N) is 1. The van der Waals surface area contributed by atoms with Gasteiger partial charge in [0.1, 0.15) is 11.4 Å². The third-order valence-electron chi connectivity index (χ3n) is 4.23. The molecule has 0 bridgehead atoms. The number of hydrogen-bond acceptors (Lipinski definition) is 2. The van der Waals surface area contributed by atoms with Crippen molar-refractivity contribution in [1.82, 2.24) is 4.31 Å². The molecule has 1 fully saturated rings. The summed E-state index contributed by atoms with van der Waals surface area (Å²) < 4.78 is 27.0. The second-order valence-electron chi connectivity index (χ2n) is 5.89. The second kappa shape index (κ2) is 7.42. The van der Waals surface area contributed by atoms with Crippen molar-refractivity contribution in [3.63, 3.8) is 0 Å². The Balaban J connectivity index is 1.66. The van der Waals surface area contributed by atoms with Gasteiger partial charge in [0.15, 0.2) is 0 Å². The topological polar surface area (TPSA) is 41.8 Å². The number of hydrogen-bond donors (Lipinski definition) is 1. The molecule has 1 heterocycles. The molecule has 0 aromatic heterocycles. The van der Waals surface area contributed by atoms with Crippen molar-refractivity contribution >= 4 is 33.2 Å². The molecule has 4 nitrogen and oxygen atoms in total. The maximum atomic E-state index is 12.7. The number of sulfonamides is 1. The van der Waals surface area contributed by atoms with E-state index in [2.05, 4.69) is 0 Å². The van der Waals surface area contributed by atoms with Crippen LogP contribution in [0, 0.1) is 0 Å². The maximum Gasteiger partial charge on any atom is 0.244 e. The Bertz CT molecular complexity index is 819. The van der Waals surface area contributed by atoms with Gasteiger partial charge < -0.3 is 4.90 Å². The fourth-order valence-corrected chi connectivity index (χ4v) is 5.10. The van der Waals surface area contributed by atoms with Crippen LogP contribution in [0.25, 0.3) is 0 Å². The quantitative estimate of drug-likeness (QED) is 0.875. The first kappa shape index (κ1) is 17.7. The van der Waals surface area contributed by atoms with Crippen LogP contribution in [0.3, 0.4) is 0 Å². The zero-order chi connectivity index (χ0) is 17.2. The monoisotopic (exact) mass is 385 g/mol. The Morgan fingerprint density at radius 1 is 1.00 bits per heavy atom. The van der Waals surface area contributed by atoms with Crippen LogP contribution in [-0.2, 0) is 16.6 Å². The van der Waals surface area contributed by atoms with Crippen LogP contribution in [0.4, 0.5) is 0 Å². The summed E-state index contributed by atoms with van der Waals surface area (Å²) in [6.45, 7) is 3.35. The van der Waals surface area contributed by atoms with Gasteiger partial charge in [-0.1, -0.05) is 47.5 Å². The summed E-state index contributed by atoms with van der Waals surface area (Å²) in [5.74, 6) is 0. The van der Waals surface area contributed by atoms with E-state index in [4.69, 9.17) is 23.2 Å². The van der Waals surface area contributed by atoms with E-state index >= 15 is 0 Å². The Morgan fingerprint density at radius 2 is 1.71 bits per heavy atom. The largest absolute Gasteiger partial charge is 0.329 e.